The van der Waals surface area contributed by atoms with Crippen molar-refractivity contribution in [3.63, 3.8) is 0 Å². The van der Waals surface area contributed by atoms with Gasteiger partial charge in [0.1, 0.15) is 5.75 Å². The largest absolute Gasteiger partial charge is 0.544 e. The lowest BCUT2D eigenvalue weighted by molar-refractivity contribution is 0.154. The molecule has 0 saturated carbocycles. The number of anilines is 1. The normalized spacial score (nSPS) is 16.9. The summed E-state index contributed by atoms with van der Waals surface area (Å²) in [6, 6.07) is 12.0. The standard InChI is InChI=1S/C28H46N4OSi/c1-22-13-17-30-20-24(22)21-32(26-14-18-31(19-15-26)23(2)12-16-29)25-8-10-27(11-9-25)33-34(6,7)28(3,4)5/h8-11,13,17,20,23,26H,12,14-16,18-19,21,29H2,1-7H3/t23-/m1/s1. The number of aryl methyl sites for hydroxylation is 1. The summed E-state index contributed by atoms with van der Waals surface area (Å²) in [6.07, 6.45) is 7.30. The van der Waals surface area contributed by atoms with E-state index in [-0.39, 0.29) is 5.04 Å². The molecule has 1 fully saturated rings. The van der Waals surface area contributed by atoms with Crippen molar-refractivity contribution in [1.29, 1.82) is 0 Å². The number of pyridine rings is 1. The van der Waals surface area contributed by atoms with Crippen molar-refractivity contribution >= 4 is 14.0 Å². The van der Waals surface area contributed by atoms with Crippen LogP contribution in [0.3, 0.4) is 0 Å². The molecule has 188 valence electrons. The summed E-state index contributed by atoms with van der Waals surface area (Å²) in [4.78, 5) is 9.60. The van der Waals surface area contributed by atoms with Gasteiger partial charge in [0.05, 0.1) is 0 Å². The number of aromatic nitrogens is 1. The third-order valence-corrected chi connectivity index (χ3v) is 12.3. The topological polar surface area (TPSA) is 54.6 Å². The van der Waals surface area contributed by atoms with Crippen molar-refractivity contribution in [1.82, 2.24) is 9.88 Å². The van der Waals surface area contributed by atoms with Gasteiger partial charge in [0.15, 0.2) is 0 Å². The monoisotopic (exact) mass is 482 g/mol. The van der Waals surface area contributed by atoms with E-state index in [9.17, 15) is 0 Å². The summed E-state index contributed by atoms with van der Waals surface area (Å²) in [7, 11) is -1.85. The van der Waals surface area contributed by atoms with Gasteiger partial charge in [-0.3, -0.25) is 4.98 Å². The van der Waals surface area contributed by atoms with Gasteiger partial charge in [0.2, 0.25) is 8.32 Å². The minimum atomic E-state index is -1.85. The molecule has 0 bridgehead atoms. The molecular formula is C28H46N4OSi. The van der Waals surface area contributed by atoms with Gasteiger partial charge in [-0.25, -0.2) is 0 Å². The first-order valence-corrected chi connectivity index (χ1v) is 15.8. The van der Waals surface area contributed by atoms with Crippen LogP contribution in [-0.2, 0) is 6.54 Å². The number of hydrogen-bond acceptors (Lipinski definition) is 5. The third-order valence-electron chi connectivity index (χ3n) is 7.98. The predicted molar refractivity (Wildman–Crippen MR) is 147 cm³/mol. The van der Waals surface area contributed by atoms with Crippen LogP contribution in [0, 0.1) is 6.92 Å². The van der Waals surface area contributed by atoms with Crippen molar-refractivity contribution in [2.24, 2.45) is 5.73 Å². The van der Waals surface area contributed by atoms with Crippen LogP contribution in [0.15, 0.2) is 42.7 Å². The minimum absolute atomic E-state index is 0.185. The molecule has 1 atom stereocenters. The van der Waals surface area contributed by atoms with Gasteiger partial charge in [-0.05, 0) is 99.2 Å². The minimum Gasteiger partial charge on any atom is -0.544 e. The summed E-state index contributed by atoms with van der Waals surface area (Å²) >= 11 is 0. The van der Waals surface area contributed by atoms with E-state index in [0.717, 1.165) is 51.2 Å². The number of rotatable bonds is 9. The molecule has 6 heteroatoms. The van der Waals surface area contributed by atoms with E-state index in [0.29, 0.717) is 12.1 Å². The van der Waals surface area contributed by atoms with Crippen LogP contribution in [0.1, 0.15) is 58.1 Å². The maximum Gasteiger partial charge on any atom is 0.250 e. The number of likely N-dealkylation sites (tertiary alicyclic amines) is 1. The molecule has 1 saturated heterocycles. The molecule has 1 aromatic carbocycles. The van der Waals surface area contributed by atoms with E-state index in [4.69, 9.17) is 10.2 Å². The Bertz CT molecular complexity index is 901. The number of benzene rings is 1. The number of hydrogen-bond donors (Lipinski definition) is 1. The first-order valence-electron chi connectivity index (χ1n) is 12.9. The Morgan fingerprint density at radius 2 is 1.79 bits per heavy atom. The Hall–Kier alpha value is -1.89. The van der Waals surface area contributed by atoms with Gasteiger partial charge < -0.3 is 20.0 Å². The zero-order valence-corrected chi connectivity index (χ0v) is 23.5. The summed E-state index contributed by atoms with van der Waals surface area (Å²) < 4.78 is 6.54. The van der Waals surface area contributed by atoms with Gasteiger partial charge in [0, 0.05) is 49.8 Å². The molecule has 0 radical (unpaired) electrons. The summed E-state index contributed by atoms with van der Waals surface area (Å²) in [5, 5.41) is 0.185. The fourth-order valence-corrected chi connectivity index (χ4v) is 5.52. The lowest BCUT2D eigenvalue weighted by Crippen LogP contribution is -2.47. The van der Waals surface area contributed by atoms with Crippen LogP contribution >= 0.6 is 0 Å². The first-order chi connectivity index (χ1) is 16.0. The maximum atomic E-state index is 6.54. The molecule has 0 aliphatic carbocycles. The van der Waals surface area contributed by atoms with Gasteiger partial charge in [-0.15, -0.1) is 0 Å². The second kappa shape index (κ2) is 11.2. The van der Waals surface area contributed by atoms with Gasteiger partial charge >= 0.3 is 0 Å². The Morgan fingerprint density at radius 3 is 2.35 bits per heavy atom. The van der Waals surface area contributed by atoms with Crippen molar-refractivity contribution in [3.8, 4) is 5.75 Å². The van der Waals surface area contributed by atoms with Crippen LogP contribution in [0.2, 0.25) is 18.1 Å². The maximum absolute atomic E-state index is 6.54. The first kappa shape index (κ1) is 26.7. The lowest BCUT2D eigenvalue weighted by atomic mass is 9.99. The molecule has 0 spiro atoms. The molecule has 0 amide bonds. The Kier molecular flexibility index (Phi) is 8.82. The highest BCUT2D eigenvalue weighted by atomic mass is 28.4. The third kappa shape index (κ3) is 6.61. The van der Waals surface area contributed by atoms with Crippen molar-refractivity contribution in [3.05, 3.63) is 53.9 Å². The molecule has 3 rings (SSSR count). The average molecular weight is 483 g/mol. The zero-order chi connectivity index (χ0) is 24.9. The molecule has 5 nitrogen and oxygen atoms in total. The zero-order valence-electron chi connectivity index (χ0n) is 22.5. The smallest absolute Gasteiger partial charge is 0.250 e. The highest BCUT2D eigenvalue weighted by Gasteiger charge is 2.39. The van der Waals surface area contributed by atoms with Crippen LogP contribution in [0.25, 0.3) is 0 Å². The second-order valence-electron chi connectivity index (χ2n) is 11.5. The van der Waals surface area contributed by atoms with Crippen LogP contribution in [0.5, 0.6) is 5.75 Å². The Labute approximate surface area is 208 Å². The average Bonchev–Trinajstić information content (AvgIpc) is 2.79. The van der Waals surface area contributed by atoms with Crippen LogP contribution in [-0.4, -0.2) is 49.9 Å². The molecule has 1 aromatic heterocycles. The van der Waals surface area contributed by atoms with E-state index >= 15 is 0 Å². The van der Waals surface area contributed by atoms with E-state index in [1.807, 2.05) is 12.4 Å². The molecule has 2 heterocycles. The highest BCUT2D eigenvalue weighted by molar-refractivity contribution is 6.74. The van der Waals surface area contributed by atoms with E-state index < -0.39 is 8.32 Å². The van der Waals surface area contributed by atoms with Crippen molar-refractivity contribution in [2.45, 2.75) is 90.6 Å². The highest BCUT2D eigenvalue weighted by Crippen LogP contribution is 2.38. The Morgan fingerprint density at radius 1 is 1.15 bits per heavy atom. The van der Waals surface area contributed by atoms with Crippen LogP contribution in [0.4, 0.5) is 5.69 Å². The van der Waals surface area contributed by atoms with Gasteiger partial charge in [0.25, 0.3) is 0 Å². The van der Waals surface area contributed by atoms with Crippen molar-refractivity contribution in [2.75, 3.05) is 24.5 Å². The number of nitrogens with two attached hydrogens (primary N) is 1. The fourth-order valence-electron chi connectivity index (χ4n) is 4.49. The lowest BCUT2D eigenvalue weighted by Gasteiger charge is -2.42. The quantitative estimate of drug-likeness (QED) is 0.445. The second-order valence-corrected chi connectivity index (χ2v) is 16.2. The molecule has 1 aliphatic heterocycles. The SMILES string of the molecule is Cc1ccncc1CN(c1ccc(O[Si](C)(C)C(C)(C)C)cc1)C1CCN([C@H](C)CCN)CC1. The van der Waals surface area contributed by atoms with E-state index in [1.54, 1.807) is 0 Å². The summed E-state index contributed by atoms with van der Waals surface area (Å²) in [5.74, 6) is 0.985. The van der Waals surface area contributed by atoms with E-state index in [2.05, 4.69) is 92.8 Å². The van der Waals surface area contributed by atoms with Gasteiger partial charge in [-0.1, -0.05) is 20.8 Å². The van der Waals surface area contributed by atoms with E-state index in [1.165, 1.54) is 16.8 Å². The summed E-state index contributed by atoms with van der Waals surface area (Å²) in [6.45, 7) is 19.8. The molecule has 34 heavy (non-hydrogen) atoms. The molecule has 0 unspecified atom stereocenters. The molecule has 2 aromatic rings. The fraction of sp³-hybridized carbons (Fsp3) is 0.607. The number of nitrogens with zero attached hydrogens (tertiary/aromatic N) is 3. The van der Waals surface area contributed by atoms with Crippen LogP contribution < -0.4 is 15.1 Å². The van der Waals surface area contributed by atoms with Crippen molar-refractivity contribution < 1.29 is 4.43 Å². The molecule has 2 N–H and O–H groups in total. The predicted octanol–water partition coefficient (Wildman–Crippen LogP) is 5.98. The Balaban J connectivity index is 1.80. The molecule has 1 aliphatic rings. The summed E-state index contributed by atoms with van der Waals surface area (Å²) in [5.41, 5.74) is 9.67. The number of piperidine rings is 1. The molecular weight excluding hydrogens is 436 g/mol. The van der Waals surface area contributed by atoms with Gasteiger partial charge in [-0.2, -0.15) is 0 Å².